The minimum atomic E-state index is -0.301. The van der Waals surface area contributed by atoms with E-state index in [9.17, 15) is 9.59 Å². The van der Waals surface area contributed by atoms with Gasteiger partial charge in [-0.05, 0) is 18.4 Å². The van der Waals surface area contributed by atoms with Crippen molar-refractivity contribution in [2.24, 2.45) is 0 Å². The Bertz CT molecular complexity index is 108. The van der Waals surface area contributed by atoms with Gasteiger partial charge in [0.15, 0.2) is 0 Å². The van der Waals surface area contributed by atoms with Crippen LogP contribution in [0.2, 0.25) is 0 Å². The Morgan fingerprint density at radius 3 is 2.70 bits per heavy atom. The molecule has 0 fully saturated rings. The molecule has 0 unspecified atom stereocenters. The van der Waals surface area contributed by atoms with Gasteiger partial charge in [-0.3, -0.25) is 4.79 Å². The van der Waals surface area contributed by atoms with E-state index in [1.54, 1.807) is 11.8 Å². The molecule has 0 spiro atoms. The third-order valence-electron chi connectivity index (χ3n) is 1.08. The van der Waals surface area contributed by atoms with E-state index >= 15 is 0 Å². The highest BCUT2D eigenvalue weighted by molar-refractivity contribution is 7.98. The van der Waals surface area contributed by atoms with Gasteiger partial charge < -0.3 is 10.1 Å². The van der Waals surface area contributed by atoms with E-state index < -0.39 is 0 Å². The molecule has 0 aromatic carbocycles. The molecular weight excluding hydrogens is 150 g/mol. The monoisotopic (exact) mass is 161 g/mol. The zero-order valence-corrected chi connectivity index (χ0v) is 6.69. The zero-order valence-electron chi connectivity index (χ0n) is 5.87. The predicted octanol–water partition coefficient (Wildman–Crippen LogP) is 0.0530. The third-order valence-corrected chi connectivity index (χ3v) is 1.72. The first-order valence-electron chi connectivity index (χ1n) is 2.99. The summed E-state index contributed by atoms with van der Waals surface area (Å²) in [6, 6.07) is -0.301. The van der Waals surface area contributed by atoms with Crippen LogP contribution in [0.25, 0.3) is 0 Å². The summed E-state index contributed by atoms with van der Waals surface area (Å²) in [5.74, 6) is 0.893. The number of amides is 1. The standard InChI is InChI=1S/C6H11NO2S/c1-10-3-2-6(4-8)7-5-9/h4-6H,2-3H2,1H3,(H,7,9)/t6-/m0/s1. The summed E-state index contributed by atoms with van der Waals surface area (Å²) in [6.07, 6.45) is 3.98. The van der Waals surface area contributed by atoms with Crippen molar-refractivity contribution in [1.29, 1.82) is 0 Å². The SMILES string of the molecule is CSCC[C@@H](C=O)NC=O. The minimum Gasteiger partial charge on any atom is -0.349 e. The Morgan fingerprint density at radius 2 is 2.30 bits per heavy atom. The Labute approximate surface area is 64.6 Å². The molecule has 0 aromatic rings. The lowest BCUT2D eigenvalue weighted by Gasteiger charge is -2.05. The van der Waals surface area contributed by atoms with Crippen molar-refractivity contribution in [2.75, 3.05) is 12.0 Å². The number of carbonyl (C=O) groups is 2. The molecule has 0 radical (unpaired) electrons. The van der Waals surface area contributed by atoms with Gasteiger partial charge in [0.2, 0.25) is 6.41 Å². The van der Waals surface area contributed by atoms with Gasteiger partial charge in [0.05, 0.1) is 6.04 Å². The van der Waals surface area contributed by atoms with Gasteiger partial charge in [0.1, 0.15) is 6.29 Å². The normalized spacial score (nSPS) is 12.1. The summed E-state index contributed by atoms with van der Waals surface area (Å²) < 4.78 is 0. The summed E-state index contributed by atoms with van der Waals surface area (Å²) >= 11 is 1.66. The lowest BCUT2D eigenvalue weighted by Crippen LogP contribution is -2.29. The van der Waals surface area contributed by atoms with Crippen LogP contribution >= 0.6 is 11.8 Å². The van der Waals surface area contributed by atoms with Gasteiger partial charge in [-0.25, -0.2) is 0 Å². The molecular formula is C6H11NO2S. The van der Waals surface area contributed by atoms with Crippen molar-refractivity contribution in [2.45, 2.75) is 12.5 Å². The first-order valence-corrected chi connectivity index (χ1v) is 4.38. The maximum absolute atomic E-state index is 10.2. The van der Waals surface area contributed by atoms with E-state index in [-0.39, 0.29) is 6.04 Å². The number of hydrogen-bond donors (Lipinski definition) is 1. The number of nitrogens with one attached hydrogen (secondary N) is 1. The van der Waals surface area contributed by atoms with Crippen molar-refractivity contribution >= 4 is 24.5 Å². The molecule has 1 atom stereocenters. The fourth-order valence-corrected chi connectivity index (χ4v) is 1.01. The van der Waals surface area contributed by atoms with Crippen molar-refractivity contribution in [3.63, 3.8) is 0 Å². The smallest absolute Gasteiger partial charge is 0.207 e. The van der Waals surface area contributed by atoms with Gasteiger partial charge in [0, 0.05) is 0 Å². The summed E-state index contributed by atoms with van der Waals surface area (Å²) in [5, 5.41) is 2.41. The van der Waals surface area contributed by atoms with E-state index in [4.69, 9.17) is 0 Å². The second-order valence-electron chi connectivity index (χ2n) is 1.81. The highest BCUT2D eigenvalue weighted by atomic mass is 32.2. The lowest BCUT2D eigenvalue weighted by atomic mass is 10.3. The number of aldehydes is 1. The van der Waals surface area contributed by atoms with Crippen LogP contribution in [0.5, 0.6) is 0 Å². The lowest BCUT2D eigenvalue weighted by molar-refractivity contribution is -0.115. The van der Waals surface area contributed by atoms with Gasteiger partial charge in [-0.2, -0.15) is 11.8 Å². The molecule has 0 aliphatic carbocycles. The third kappa shape index (κ3) is 4.38. The van der Waals surface area contributed by atoms with Crippen LogP contribution in [0.4, 0.5) is 0 Å². The molecule has 0 saturated carbocycles. The molecule has 0 aliphatic heterocycles. The van der Waals surface area contributed by atoms with Crippen molar-refractivity contribution < 1.29 is 9.59 Å². The molecule has 58 valence electrons. The number of thioether (sulfide) groups is 1. The fraction of sp³-hybridized carbons (Fsp3) is 0.667. The topological polar surface area (TPSA) is 46.2 Å². The van der Waals surface area contributed by atoms with Crippen LogP contribution in [0.1, 0.15) is 6.42 Å². The molecule has 1 N–H and O–H groups in total. The molecule has 0 heterocycles. The highest BCUT2D eigenvalue weighted by Crippen LogP contribution is 1.97. The van der Waals surface area contributed by atoms with Crippen molar-refractivity contribution in [3.8, 4) is 0 Å². The molecule has 1 amide bonds. The van der Waals surface area contributed by atoms with E-state index in [0.717, 1.165) is 12.0 Å². The summed E-state index contributed by atoms with van der Waals surface area (Å²) in [4.78, 5) is 20.0. The second-order valence-corrected chi connectivity index (χ2v) is 2.79. The van der Waals surface area contributed by atoms with E-state index in [1.165, 1.54) is 0 Å². The van der Waals surface area contributed by atoms with Crippen molar-refractivity contribution in [1.82, 2.24) is 5.32 Å². The molecule has 10 heavy (non-hydrogen) atoms. The molecule has 3 nitrogen and oxygen atoms in total. The Morgan fingerprint density at radius 1 is 1.60 bits per heavy atom. The predicted molar refractivity (Wildman–Crippen MR) is 42.1 cm³/mol. The molecule has 4 heteroatoms. The maximum atomic E-state index is 10.2. The molecule has 0 aromatic heterocycles. The van der Waals surface area contributed by atoms with Crippen LogP contribution in [-0.4, -0.2) is 30.7 Å². The van der Waals surface area contributed by atoms with Crippen LogP contribution in [0.3, 0.4) is 0 Å². The molecule has 0 rings (SSSR count). The second kappa shape index (κ2) is 6.61. The maximum Gasteiger partial charge on any atom is 0.207 e. The van der Waals surface area contributed by atoms with E-state index in [1.807, 2.05) is 6.26 Å². The van der Waals surface area contributed by atoms with Crippen LogP contribution in [-0.2, 0) is 9.59 Å². The first-order chi connectivity index (χ1) is 4.85. The Hall–Kier alpha value is -0.510. The summed E-state index contributed by atoms with van der Waals surface area (Å²) in [7, 11) is 0. The minimum absolute atomic E-state index is 0.301. The molecule has 0 saturated heterocycles. The average molecular weight is 161 g/mol. The highest BCUT2D eigenvalue weighted by Gasteiger charge is 2.02. The number of hydrogen-bond acceptors (Lipinski definition) is 3. The number of rotatable bonds is 6. The largest absolute Gasteiger partial charge is 0.349 e. The fourth-order valence-electron chi connectivity index (χ4n) is 0.523. The van der Waals surface area contributed by atoms with Crippen molar-refractivity contribution in [3.05, 3.63) is 0 Å². The molecule has 0 bridgehead atoms. The van der Waals surface area contributed by atoms with Gasteiger partial charge >= 0.3 is 0 Å². The van der Waals surface area contributed by atoms with Crippen LogP contribution in [0, 0.1) is 0 Å². The Kier molecular flexibility index (Phi) is 6.27. The summed E-state index contributed by atoms with van der Waals surface area (Å²) in [6.45, 7) is 0. The van der Waals surface area contributed by atoms with Gasteiger partial charge in [-0.1, -0.05) is 0 Å². The van der Waals surface area contributed by atoms with Crippen LogP contribution in [0.15, 0.2) is 0 Å². The van der Waals surface area contributed by atoms with E-state index in [0.29, 0.717) is 12.8 Å². The average Bonchev–Trinajstić information content (AvgIpc) is 1.98. The Balaban J connectivity index is 3.38. The van der Waals surface area contributed by atoms with E-state index in [2.05, 4.69) is 5.32 Å². The van der Waals surface area contributed by atoms with Gasteiger partial charge in [-0.15, -0.1) is 0 Å². The summed E-state index contributed by atoms with van der Waals surface area (Å²) in [5.41, 5.74) is 0. The van der Waals surface area contributed by atoms with Crippen LogP contribution < -0.4 is 5.32 Å². The van der Waals surface area contributed by atoms with Gasteiger partial charge in [0.25, 0.3) is 0 Å². The molecule has 0 aliphatic rings. The zero-order chi connectivity index (χ0) is 7.82. The first kappa shape index (κ1) is 9.49. The number of carbonyl (C=O) groups excluding carboxylic acids is 2. The quantitative estimate of drug-likeness (QED) is 0.560.